The van der Waals surface area contributed by atoms with Crippen molar-refractivity contribution in [2.45, 2.75) is 38.6 Å². The summed E-state index contributed by atoms with van der Waals surface area (Å²) in [5, 5.41) is 12.7. The first-order chi connectivity index (χ1) is 11.1. The lowest BCUT2D eigenvalue weighted by molar-refractivity contribution is -0.129. The van der Waals surface area contributed by atoms with Gasteiger partial charge in [-0.05, 0) is 31.4 Å². The Morgan fingerprint density at radius 2 is 2.26 bits per heavy atom. The molecule has 1 aromatic rings. The van der Waals surface area contributed by atoms with Crippen LogP contribution in [-0.4, -0.2) is 48.1 Å². The van der Waals surface area contributed by atoms with E-state index in [9.17, 15) is 14.7 Å². The third-order valence-corrected chi connectivity index (χ3v) is 4.23. The molecule has 0 spiro atoms. The molecule has 6 nitrogen and oxygen atoms in total. The molecule has 23 heavy (non-hydrogen) atoms. The molecule has 1 aliphatic rings. The van der Waals surface area contributed by atoms with Crippen LogP contribution in [0, 0.1) is 0 Å². The molecule has 1 aromatic carbocycles. The Morgan fingerprint density at radius 1 is 1.48 bits per heavy atom. The van der Waals surface area contributed by atoms with Crippen molar-refractivity contribution in [1.82, 2.24) is 10.2 Å². The third-order valence-electron chi connectivity index (χ3n) is 4.23. The van der Waals surface area contributed by atoms with E-state index in [4.69, 9.17) is 4.74 Å². The van der Waals surface area contributed by atoms with Crippen molar-refractivity contribution in [2.24, 2.45) is 0 Å². The van der Waals surface area contributed by atoms with E-state index in [1.54, 1.807) is 6.07 Å². The van der Waals surface area contributed by atoms with Gasteiger partial charge in [0.15, 0.2) is 0 Å². The number of methoxy groups -OCH3 is 1. The minimum atomic E-state index is -0.326. The number of carbonyl (C=O) groups excluding carboxylic acids is 2. The summed E-state index contributed by atoms with van der Waals surface area (Å²) in [7, 11) is 1.50. The highest BCUT2D eigenvalue weighted by atomic mass is 16.5. The minimum absolute atomic E-state index is 0.108. The quantitative estimate of drug-likeness (QED) is 0.804. The van der Waals surface area contributed by atoms with Crippen LogP contribution < -0.4 is 10.1 Å². The third kappa shape index (κ3) is 4.15. The Hall–Kier alpha value is -2.24. The van der Waals surface area contributed by atoms with Crippen LogP contribution in [0.5, 0.6) is 11.5 Å². The van der Waals surface area contributed by atoms with E-state index < -0.39 is 0 Å². The van der Waals surface area contributed by atoms with Gasteiger partial charge in [0.25, 0.3) is 5.91 Å². The van der Waals surface area contributed by atoms with E-state index in [1.807, 2.05) is 11.8 Å². The van der Waals surface area contributed by atoms with Gasteiger partial charge in [-0.1, -0.05) is 6.92 Å². The predicted octanol–water partition coefficient (Wildman–Crippen LogP) is 1.92. The molecule has 1 fully saturated rings. The first-order valence-corrected chi connectivity index (χ1v) is 8.01. The van der Waals surface area contributed by atoms with E-state index in [1.165, 1.54) is 19.2 Å². The number of rotatable bonds is 7. The Labute approximate surface area is 136 Å². The SMILES string of the molecule is CC[C@@H](CCNC(=O)c1ccc(OC)cc1O)N1CCCC1=O. The largest absolute Gasteiger partial charge is 0.507 e. The number of hydrogen-bond donors (Lipinski definition) is 2. The van der Waals surface area contributed by atoms with Crippen LogP contribution in [0.1, 0.15) is 43.0 Å². The van der Waals surface area contributed by atoms with Crippen LogP contribution in [0.4, 0.5) is 0 Å². The molecule has 0 aromatic heterocycles. The molecule has 2 amide bonds. The molecule has 1 atom stereocenters. The lowest BCUT2D eigenvalue weighted by atomic mass is 10.1. The number of phenolic OH excluding ortho intramolecular Hbond substituents is 1. The van der Waals surface area contributed by atoms with Crippen LogP contribution in [0.15, 0.2) is 18.2 Å². The van der Waals surface area contributed by atoms with Crippen LogP contribution >= 0.6 is 0 Å². The van der Waals surface area contributed by atoms with E-state index in [0.717, 1.165) is 19.4 Å². The molecule has 0 radical (unpaired) electrons. The number of benzene rings is 1. The monoisotopic (exact) mass is 320 g/mol. The molecule has 1 aliphatic heterocycles. The van der Waals surface area contributed by atoms with Gasteiger partial charge < -0.3 is 20.1 Å². The summed E-state index contributed by atoms with van der Waals surface area (Å²) in [6, 6.07) is 4.74. The lowest BCUT2D eigenvalue weighted by Gasteiger charge is -2.26. The summed E-state index contributed by atoms with van der Waals surface area (Å²) in [5.41, 5.74) is 0.219. The molecule has 0 aliphatic carbocycles. The van der Waals surface area contributed by atoms with Crippen LogP contribution in [0.2, 0.25) is 0 Å². The molecule has 0 unspecified atom stereocenters. The van der Waals surface area contributed by atoms with Crippen molar-refractivity contribution >= 4 is 11.8 Å². The van der Waals surface area contributed by atoms with Crippen LogP contribution in [0.25, 0.3) is 0 Å². The maximum absolute atomic E-state index is 12.1. The minimum Gasteiger partial charge on any atom is -0.507 e. The highest BCUT2D eigenvalue weighted by Crippen LogP contribution is 2.23. The summed E-state index contributed by atoms with van der Waals surface area (Å²) in [6.07, 6.45) is 3.13. The molecule has 2 N–H and O–H groups in total. The fourth-order valence-electron chi connectivity index (χ4n) is 2.91. The van der Waals surface area contributed by atoms with Crippen molar-refractivity contribution in [3.05, 3.63) is 23.8 Å². The van der Waals surface area contributed by atoms with Crippen LogP contribution in [-0.2, 0) is 4.79 Å². The highest BCUT2D eigenvalue weighted by molar-refractivity contribution is 5.97. The topological polar surface area (TPSA) is 78.9 Å². The maximum atomic E-state index is 12.1. The summed E-state index contributed by atoms with van der Waals surface area (Å²) in [5.74, 6) is 0.269. The smallest absolute Gasteiger partial charge is 0.255 e. The number of amides is 2. The van der Waals surface area contributed by atoms with Gasteiger partial charge in [-0.15, -0.1) is 0 Å². The number of likely N-dealkylation sites (tertiary alicyclic amines) is 1. The summed E-state index contributed by atoms with van der Waals surface area (Å²) in [6.45, 7) is 3.32. The van der Waals surface area contributed by atoms with Crippen molar-refractivity contribution in [2.75, 3.05) is 20.2 Å². The number of phenols is 1. The first-order valence-electron chi connectivity index (χ1n) is 8.01. The summed E-state index contributed by atoms with van der Waals surface area (Å²) in [4.78, 5) is 25.8. The number of nitrogens with one attached hydrogen (secondary N) is 1. The van der Waals surface area contributed by atoms with E-state index in [0.29, 0.717) is 25.1 Å². The Morgan fingerprint density at radius 3 is 2.83 bits per heavy atom. The van der Waals surface area contributed by atoms with Gasteiger partial charge in [-0.2, -0.15) is 0 Å². The number of nitrogens with zero attached hydrogens (tertiary/aromatic N) is 1. The normalized spacial score (nSPS) is 15.6. The van der Waals surface area contributed by atoms with E-state index in [2.05, 4.69) is 5.32 Å². The molecular weight excluding hydrogens is 296 g/mol. The summed E-state index contributed by atoms with van der Waals surface area (Å²) < 4.78 is 4.99. The molecule has 126 valence electrons. The fourth-order valence-corrected chi connectivity index (χ4v) is 2.91. The van der Waals surface area contributed by atoms with Crippen molar-refractivity contribution in [3.8, 4) is 11.5 Å². The van der Waals surface area contributed by atoms with Gasteiger partial charge in [0.2, 0.25) is 5.91 Å². The zero-order chi connectivity index (χ0) is 16.8. The van der Waals surface area contributed by atoms with E-state index >= 15 is 0 Å². The molecule has 0 bridgehead atoms. The zero-order valence-electron chi connectivity index (χ0n) is 13.7. The van der Waals surface area contributed by atoms with Gasteiger partial charge in [0.1, 0.15) is 11.5 Å². The van der Waals surface area contributed by atoms with Crippen molar-refractivity contribution in [1.29, 1.82) is 0 Å². The Balaban J connectivity index is 1.87. The highest BCUT2D eigenvalue weighted by Gasteiger charge is 2.26. The average molecular weight is 320 g/mol. The van der Waals surface area contributed by atoms with Gasteiger partial charge in [0.05, 0.1) is 12.7 Å². The molecule has 1 saturated heterocycles. The molecule has 0 saturated carbocycles. The van der Waals surface area contributed by atoms with Gasteiger partial charge in [0, 0.05) is 31.6 Å². The number of aromatic hydroxyl groups is 1. The number of hydrogen-bond acceptors (Lipinski definition) is 4. The second-order valence-corrected chi connectivity index (χ2v) is 5.68. The first kappa shape index (κ1) is 17.1. The Kier molecular flexibility index (Phi) is 5.84. The number of carbonyl (C=O) groups is 2. The molecule has 6 heteroatoms. The molecular formula is C17H24N2O4. The Bertz CT molecular complexity index is 574. The van der Waals surface area contributed by atoms with E-state index in [-0.39, 0.29) is 29.2 Å². The van der Waals surface area contributed by atoms with Crippen molar-refractivity contribution in [3.63, 3.8) is 0 Å². The lowest BCUT2D eigenvalue weighted by Crippen LogP contribution is -2.38. The average Bonchev–Trinajstić information content (AvgIpc) is 2.97. The summed E-state index contributed by atoms with van der Waals surface area (Å²) >= 11 is 0. The molecule has 1 heterocycles. The standard InChI is InChI=1S/C17H24N2O4/c1-3-12(19-10-4-5-16(19)21)8-9-18-17(22)14-7-6-13(23-2)11-15(14)20/h6-7,11-12,20H,3-5,8-10H2,1-2H3,(H,18,22)/t12-/m0/s1. The van der Waals surface area contributed by atoms with Gasteiger partial charge in [-0.25, -0.2) is 0 Å². The predicted molar refractivity (Wildman–Crippen MR) is 86.6 cm³/mol. The van der Waals surface area contributed by atoms with Crippen LogP contribution in [0.3, 0.4) is 0 Å². The molecule has 2 rings (SSSR count). The zero-order valence-corrected chi connectivity index (χ0v) is 13.7. The van der Waals surface area contributed by atoms with Gasteiger partial charge >= 0.3 is 0 Å². The number of ether oxygens (including phenoxy) is 1. The second-order valence-electron chi connectivity index (χ2n) is 5.68. The maximum Gasteiger partial charge on any atom is 0.255 e. The fraction of sp³-hybridized carbons (Fsp3) is 0.529. The van der Waals surface area contributed by atoms with Crippen molar-refractivity contribution < 1.29 is 19.4 Å². The van der Waals surface area contributed by atoms with Gasteiger partial charge in [-0.3, -0.25) is 9.59 Å². The second kappa shape index (κ2) is 7.85.